The zero-order valence-corrected chi connectivity index (χ0v) is 12.3. The zero-order valence-electron chi connectivity index (χ0n) is 9.92. The van der Waals surface area contributed by atoms with Crippen molar-refractivity contribution in [3.63, 3.8) is 0 Å². The van der Waals surface area contributed by atoms with Crippen molar-refractivity contribution in [1.29, 1.82) is 0 Å². The highest BCUT2D eigenvalue weighted by Crippen LogP contribution is 2.24. The van der Waals surface area contributed by atoms with Gasteiger partial charge < -0.3 is 5.32 Å². The van der Waals surface area contributed by atoms with E-state index in [2.05, 4.69) is 20.0 Å². The summed E-state index contributed by atoms with van der Waals surface area (Å²) in [5.74, 6) is 0.456. The van der Waals surface area contributed by atoms with Crippen LogP contribution < -0.4 is 10.0 Å². The lowest BCUT2D eigenvalue weighted by Crippen LogP contribution is -2.13. The second-order valence-corrected chi connectivity index (χ2v) is 6.46. The van der Waals surface area contributed by atoms with E-state index in [0.29, 0.717) is 17.5 Å². The Morgan fingerprint density at radius 2 is 2.21 bits per heavy atom. The number of nitrogens with one attached hydrogen (secondary N) is 2. The molecular weight excluding hydrogens is 308 g/mol. The Labute approximate surface area is 119 Å². The number of thiazole rings is 1. The van der Waals surface area contributed by atoms with Crippen LogP contribution in [0.3, 0.4) is 0 Å². The van der Waals surface area contributed by atoms with Gasteiger partial charge in [0.25, 0.3) is 10.0 Å². The highest BCUT2D eigenvalue weighted by molar-refractivity contribution is 7.93. The van der Waals surface area contributed by atoms with Crippen molar-refractivity contribution in [2.75, 3.05) is 16.6 Å². The molecule has 0 saturated carbocycles. The number of hydrogen-bond donors (Lipinski definition) is 2. The molecule has 0 aliphatic rings. The van der Waals surface area contributed by atoms with Gasteiger partial charge in [-0.1, -0.05) is 11.6 Å². The van der Waals surface area contributed by atoms with Gasteiger partial charge in [0.1, 0.15) is 10.7 Å². The fourth-order valence-electron chi connectivity index (χ4n) is 1.31. The average Bonchev–Trinajstić information content (AvgIpc) is 2.84. The van der Waals surface area contributed by atoms with E-state index in [0.717, 1.165) is 0 Å². The molecule has 0 atom stereocenters. The monoisotopic (exact) mass is 318 g/mol. The molecule has 0 amide bonds. The van der Waals surface area contributed by atoms with Crippen molar-refractivity contribution in [2.24, 2.45) is 0 Å². The summed E-state index contributed by atoms with van der Waals surface area (Å²) in [5.41, 5.74) is 0. The summed E-state index contributed by atoms with van der Waals surface area (Å²) < 4.78 is 26.5. The highest BCUT2D eigenvalue weighted by Gasteiger charge is 2.17. The van der Waals surface area contributed by atoms with Gasteiger partial charge in [-0.15, -0.1) is 11.3 Å². The maximum atomic E-state index is 12.1. The Hall–Kier alpha value is -1.38. The third kappa shape index (κ3) is 3.34. The van der Waals surface area contributed by atoms with Gasteiger partial charge in [-0.2, -0.15) is 0 Å². The molecule has 0 aromatic carbocycles. The fourth-order valence-corrected chi connectivity index (χ4v) is 3.37. The minimum absolute atomic E-state index is 0.00523. The van der Waals surface area contributed by atoms with Crippen molar-refractivity contribution in [3.8, 4) is 0 Å². The molecule has 0 radical (unpaired) electrons. The number of aromatic nitrogens is 2. The summed E-state index contributed by atoms with van der Waals surface area (Å²) in [6.07, 6.45) is 2.77. The van der Waals surface area contributed by atoms with Crippen molar-refractivity contribution in [3.05, 3.63) is 28.9 Å². The maximum Gasteiger partial charge on any atom is 0.265 e. The van der Waals surface area contributed by atoms with Crippen molar-refractivity contribution >= 4 is 43.9 Å². The van der Waals surface area contributed by atoms with E-state index < -0.39 is 10.0 Å². The second-order valence-electron chi connectivity index (χ2n) is 3.47. The molecule has 0 aliphatic carbocycles. The molecular formula is C10H11ClN4O2S2. The van der Waals surface area contributed by atoms with Gasteiger partial charge in [-0.25, -0.2) is 18.4 Å². The predicted octanol–water partition coefficient (Wildman–Crippen LogP) is 2.42. The molecule has 6 nitrogen and oxygen atoms in total. The second kappa shape index (κ2) is 5.72. The van der Waals surface area contributed by atoms with Crippen LogP contribution in [0.1, 0.15) is 6.92 Å². The Kier molecular flexibility index (Phi) is 4.23. The van der Waals surface area contributed by atoms with Crippen LogP contribution in [0.2, 0.25) is 5.02 Å². The topological polar surface area (TPSA) is 84.0 Å². The van der Waals surface area contributed by atoms with Crippen molar-refractivity contribution in [1.82, 2.24) is 9.97 Å². The normalized spacial score (nSPS) is 11.3. The van der Waals surface area contributed by atoms with Crippen LogP contribution in [0.15, 0.2) is 28.7 Å². The summed E-state index contributed by atoms with van der Waals surface area (Å²) >= 11 is 7.16. The Morgan fingerprint density at radius 1 is 1.42 bits per heavy atom. The molecule has 2 N–H and O–H groups in total. The van der Waals surface area contributed by atoms with Crippen LogP contribution in [0.5, 0.6) is 0 Å². The third-order valence-corrected chi connectivity index (χ3v) is 4.54. The summed E-state index contributed by atoms with van der Waals surface area (Å²) in [5, 5.41) is 5.16. The number of pyridine rings is 1. The highest BCUT2D eigenvalue weighted by atomic mass is 35.5. The number of sulfonamides is 1. The van der Waals surface area contributed by atoms with Crippen LogP contribution >= 0.6 is 22.9 Å². The first-order valence-corrected chi connectivity index (χ1v) is 8.08. The van der Waals surface area contributed by atoms with E-state index >= 15 is 0 Å². The molecule has 102 valence electrons. The molecule has 19 heavy (non-hydrogen) atoms. The van der Waals surface area contributed by atoms with Gasteiger partial charge in [-0.05, 0) is 13.0 Å². The first-order valence-electron chi connectivity index (χ1n) is 5.34. The number of nitrogens with zero attached hydrogens (tertiary/aromatic N) is 2. The van der Waals surface area contributed by atoms with Crippen LogP contribution in [-0.2, 0) is 10.0 Å². The lowest BCUT2D eigenvalue weighted by molar-refractivity contribution is 0.601. The van der Waals surface area contributed by atoms with Crippen LogP contribution in [0.25, 0.3) is 0 Å². The molecule has 2 aromatic rings. The zero-order chi connectivity index (χ0) is 13.9. The van der Waals surface area contributed by atoms with E-state index in [4.69, 9.17) is 11.6 Å². The average molecular weight is 319 g/mol. The molecule has 0 fully saturated rings. The quantitative estimate of drug-likeness (QED) is 0.884. The molecule has 9 heteroatoms. The third-order valence-electron chi connectivity index (χ3n) is 2.12. The van der Waals surface area contributed by atoms with Crippen molar-refractivity contribution < 1.29 is 8.42 Å². The largest absolute Gasteiger partial charge is 0.369 e. The molecule has 0 bridgehead atoms. The molecule has 2 aromatic heterocycles. The summed E-state index contributed by atoms with van der Waals surface area (Å²) in [4.78, 5) is 7.84. The molecule has 2 heterocycles. The van der Waals surface area contributed by atoms with Crippen LogP contribution in [-0.4, -0.2) is 24.9 Å². The molecule has 0 unspecified atom stereocenters. The summed E-state index contributed by atoms with van der Waals surface area (Å²) in [6, 6.07) is 1.35. The lowest BCUT2D eigenvalue weighted by Gasteiger charge is -2.08. The molecule has 2 rings (SSSR count). The van der Waals surface area contributed by atoms with Crippen LogP contribution in [0, 0.1) is 0 Å². The van der Waals surface area contributed by atoms with Gasteiger partial charge >= 0.3 is 0 Å². The first-order chi connectivity index (χ1) is 9.03. The number of halogens is 1. The molecule has 0 spiro atoms. The minimum Gasteiger partial charge on any atom is -0.369 e. The SMILES string of the molecule is CCNc1ncc(S(=O)(=O)Nc2nccs2)cc1Cl. The van der Waals surface area contributed by atoms with Gasteiger partial charge in [0.05, 0.1) is 5.02 Å². The number of rotatable bonds is 5. The maximum absolute atomic E-state index is 12.1. The van der Waals surface area contributed by atoms with E-state index in [9.17, 15) is 8.42 Å². The van der Waals surface area contributed by atoms with Gasteiger partial charge in [0, 0.05) is 24.3 Å². The summed E-state index contributed by atoms with van der Waals surface area (Å²) in [7, 11) is -3.71. The smallest absolute Gasteiger partial charge is 0.265 e. The minimum atomic E-state index is -3.71. The van der Waals surface area contributed by atoms with Crippen LogP contribution in [0.4, 0.5) is 10.9 Å². The predicted molar refractivity (Wildman–Crippen MR) is 76.3 cm³/mol. The van der Waals surface area contributed by atoms with Gasteiger partial charge in [0.15, 0.2) is 5.13 Å². The van der Waals surface area contributed by atoms with E-state index in [-0.39, 0.29) is 9.92 Å². The Bertz CT molecular complexity index is 658. The van der Waals surface area contributed by atoms with Gasteiger partial charge in [-0.3, -0.25) is 4.72 Å². The first kappa shape index (κ1) is 14.0. The van der Waals surface area contributed by atoms with E-state index in [1.807, 2.05) is 6.92 Å². The lowest BCUT2D eigenvalue weighted by atomic mass is 10.4. The number of anilines is 2. The molecule has 0 aliphatic heterocycles. The number of hydrogen-bond acceptors (Lipinski definition) is 6. The Balaban J connectivity index is 2.28. The van der Waals surface area contributed by atoms with Gasteiger partial charge in [0.2, 0.25) is 0 Å². The molecule has 0 saturated heterocycles. The standard InChI is InChI=1S/C10H11ClN4O2S2/c1-2-12-9-8(11)5-7(6-14-9)19(16,17)15-10-13-3-4-18-10/h3-6H,2H2,1H3,(H,12,14)(H,13,15). The van der Waals surface area contributed by atoms with E-state index in [1.54, 1.807) is 5.38 Å². The summed E-state index contributed by atoms with van der Waals surface area (Å²) in [6.45, 7) is 2.54. The van der Waals surface area contributed by atoms with E-state index in [1.165, 1.54) is 29.8 Å². The van der Waals surface area contributed by atoms with Crippen molar-refractivity contribution in [2.45, 2.75) is 11.8 Å². The Morgan fingerprint density at radius 3 is 2.79 bits per heavy atom. The fraction of sp³-hybridized carbons (Fsp3) is 0.200.